The van der Waals surface area contributed by atoms with Crippen molar-refractivity contribution in [3.8, 4) is 22.5 Å². The van der Waals surface area contributed by atoms with Crippen LogP contribution < -0.4 is 10.7 Å². The Bertz CT molecular complexity index is 2490. The number of nitrogens with one attached hydrogen (secondary N) is 2. The van der Waals surface area contributed by atoms with Crippen molar-refractivity contribution >= 4 is 40.4 Å². The van der Waals surface area contributed by atoms with Crippen LogP contribution in [0.1, 0.15) is 103 Å². The predicted octanol–water partition coefficient (Wildman–Crippen LogP) is 6.55. The Morgan fingerprint density at radius 1 is 0.985 bits per heavy atom. The summed E-state index contributed by atoms with van der Waals surface area (Å²) in [4.78, 5) is 85.2. The van der Waals surface area contributed by atoms with Crippen molar-refractivity contribution in [2.24, 2.45) is 11.3 Å². The van der Waals surface area contributed by atoms with E-state index in [4.69, 9.17) is 19.4 Å². The summed E-state index contributed by atoms with van der Waals surface area (Å²) in [5, 5.41) is 5.64. The zero-order chi connectivity index (χ0) is 48.9. The average Bonchev–Trinajstić information content (AvgIpc) is 3.43. The molecule has 3 aliphatic heterocycles. The maximum Gasteiger partial charge on any atom is 0.321 e. The first-order valence-electron chi connectivity index (χ1n) is 24.3. The van der Waals surface area contributed by atoms with Crippen molar-refractivity contribution in [1.82, 2.24) is 45.0 Å². The van der Waals surface area contributed by atoms with Gasteiger partial charge in [-0.3, -0.25) is 34.2 Å². The third-order valence-corrected chi connectivity index (χ3v) is 13.9. The molecule has 6 heterocycles. The van der Waals surface area contributed by atoms with Crippen molar-refractivity contribution in [3.63, 3.8) is 0 Å². The van der Waals surface area contributed by atoms with Crippen molar-refractivity contribution in [3.05, 3.63) is 71.7 Å². The molecule has 5 amide bonds. The molecule has 2 N–H and O–H groups in total. The van der Waals surface area contributed by atoms with Gasteiger partial charge in [-0.15, -0.1) is 0 Å². The molecular weight excluding hydrogens is 863 g/mol. The topological polar surface area (TPSA) is 172 Å². The van der Waals surface area contributed by atoms with Gasteiger partial charge in [0.25, 0.3) is 5.91 Å². The van der Waals surface area contributed by atoms with Gasteiger partial charge in [0.15, 0.2) is 5.78 Å². The second-order valence-corrected chi connectivity index (χ2v) is 19.8. The zero-order valence-corrected chi connectivity index (χ0v) is 41.5. The standard InChI is InChI=1S/C52H71N9O7/c1-10-60-43-21-20-35-28-38(43)39(48(60)37-17-14-24-53-46(37)34(4)68-9)30-52(5,6)23-22-44(62)41-19-15-27-61(56-41)50(65)42(29-36-16-13-18-40(35)54-36)55-49(64)47(33(2)3)57(7)51(66)59-26-12-11-25-58(32-59)45(63)31-67-8/h13-14,16-18,20-21,24,28,33-34,41-42,47,56H,10-12,15,19,22-23,25-27,29-32H2,1-9H3,(H,55,64)/t34-,41?,42-,47-/m0/s1. The number of nitrogens with zero attached hydrogens (tertiary/aromatic N) is 7. The molecule has 0 saturated carbocycles. The number of Topliss-reactive ketones (excluding diaryl/α,β-unsaturated/α-hetero) is 1. The number of urea groups is 1. The quantitative estimate of drug-likeness (QED) is 0.178. The van der Waals surface area contributed by atoms with E-state index < -0.39 is 36.0 Å². The lowest BCUT2D eigenvalue weighted by Crippen LogP contribution is -2.62. The summed E-state index contributed by atoms with van der Waals surface area (Å²) >= 11 is 0. The van der Waals surface area contributed by atoms with Crippen LogP contribution in [0.5, 0.6) is 0 Å². The molecule has 366 valence electrons. The van der Waals surface area contributed by atoms with Crippen LogP contribution in [0.25, 0.3) is 33.4 Å². The van der Waals surface area contributed by atoms with E-state index in [1.807, 2.05) is 45.0 Å². The molecule has 2 saturated heterocycles. The molecule has 7 rings (SSSR count). The number of ketones is 1. The third kappa shape index (κ3) is 10.9. The number of hydrazine groups is 1. The third-order valence-electron chi connectivity index (χ3n) is 13.9. The van der Waals surface area contributed by atoms with Crippen molar-refractivity contribution in [1.29, 1.82) is 0 Å². The van der Waals surface area contributed by atoms with E-state index in [-0.39, 0.29) is 48.8 Å². The minimum Gasteiger partial charge on any atom is -0.375 e. The van der Waals surface area contributed by atoms with Crippen LogP contribution >= 0.6 is 0 Å². The van der Waals surface area contributed by atoms with Gasteiger partial charge >= 0.3 is 6.03 Å². The number of methoxy groups -OCH3 is 2. The fraction of sp³-hybridized carbons (Fsp3) is 0.558. The summed E-state index contributed by atoms with van der Waals surface area (Å²) < 4.78 is 13.3. The van der Waals surface area contributed by atoms with Gasteiger partial charge in [-0.1, -0.05) is 39.8 Å². The highest BCUT2D eigenvalue weighted by molar-refractivity contribution is 5.96. The molecule has 4 atom stereocenters. The van der Waals surface area contributed by atoms with Crippen molar-refractivity contribution < 1.29 is 33.4 Å². The summed E-state index contributed by atoms with van der Waals surface area (Å²) in [6.07, 6.45) is 5.86. The molecular formula is C52H71N9O7. The van der Waals surface area contributed by atoms with Crippen LogP contribution in [0.3, 0.4) is 0 Å². The number of carbonyl (C=O) groups is 5. The molecule has 1 aromatic carbocycles. The minimum atomic E-state index is -1.09. The van der Waals surface area contributed by atoms with Crippen LogP contribution in [0.15, 0.2) is 54.7 Å². The SMILES string of the molecule is CCn1c(-c2cccnc2[C@H](C)OC)c2c3cc(ccc31)-c1cccc(n1)C[C@H](NC(=O)[C@H](C(C)C)N(C)C(=O)N1CCCCN(C(=O)COC)C1)C(=O)N1CCCC(N1)C(=O)CCC(C)(C)C2. The number of fused-ring (bicyclic) bond motifs is 6. The van der Waals surface area contributed by atoms with Gasteiger partial charge in [0.05, 0.1) is 35.9 Å². The molecule has 0 spiro atoms. The lowest BCUT2D eigenvalue weighted by molar-refractivity contribution is -0.143. The first-order valence-corrected chi connectivity index (χ1v) is 24.3. The molecule has 4 aromatic rings. The molecule has 3 aromatic heterocycles. The number of aryl methyl sites for hydroxylation is 1. The zero-order valence-electron chi connectivity index (χ0n) is 41.5. The Labute approximate surface area is 401 Å². The van der Waals surface area contributed by atoms with E-state index in [2.05, 4.69) is 60.3 Å². The molecule has 0 radical (unpaired) electrons. The second-order valence-electron chi connectivity index (χ2n) is 19.8. The Morgan fingerprint density at radius 2 is 1.75 bits per heavy atom. The molecule has 1 unspecified atom stereocenters. The fourth-order valence-corrected chi connectivity index (χ4v) is 10.2. The first kappa shape index (κ1) is 50.2. The number of hydrogen-bond acceptors (Lipinski definition) is 10. The number of pyridine rings is 2. The summed E-state index contributed by atoms with van der Waals surface area (Å²) in [7, 11) is 4.75. The molecule has 2 fully saturated rings. The highest BCUT2D eigenvalue weighted by Gasteiger charge is 2.39. The number of amides is 5. The highest BCUT2D eigenvalue weighted by atomic mass is 16.5. The fourth-order valence-electron chi connectivity index (χ4n) is 10.2. The van der Waals surface area contributed by atoms with Crippen LogP contribution in [0.4, 0.5) is 4.79 Å². The monoisotopic (exact) mass is 934 g/mol. The summed E-state index contributed by atoms with van der Waals surface area (Å²) in [6, 6.07) is 13.2. The molecule has 16 nitrogen and oxygen atoms in total. The summed E-state index contributed by atoms with van der Waals surface area (Å²) in [6.45, 7) is 14.3. The normalized spacial score (nSPS) is 20.2. The van der Waals surface area contributed by atoms with Gasteiger partial charge in [0.1, 0.15) is 18.7 Å². The maximum absolute atomic E-state index is 14.8. The average molecular weight is 934 g/mol. The number of rotatable bonds is 10. The molecule has 3 aliphatic rings. The van der Waals surface area contributed by atoms with Gasteiger partial charge in [-0.05, 0) is 106 Å². The first-order chi connectivity index (χ1) is 32.5. The second kappa shape index (κ2) is 21.7. The summed E-state index contributed by atoms with van der Waals surface area (Å²) in [5.41, 5.74) is 10.4. The van der Waals surface area contributed by atoms with E-state index in [1.54, 1.807) is 30.2 Å². The largest absolute Gasteiger partial charge is 0.375 e. The lowest BCUT2D eigenvalue weighted by Gasteiger charge is -2.38. The minimum absolute atomic E-state index is 0.0320. The number of ether oxygens (including phenoxy) is 2. The van der Waals surface area contributed by atoms with Gasteiger partial charge in [-0.2, -0.15) is 0 Å². The molecule has 16 heteroatoms. The number of aromatic nitrogens is 3. The number of benzene rings is 1. The number of carbonyl (C=O) groups excluding carboxylic acids is 5. The lowest BCUT2D eigenvalue weighted by atomic mass is 9.79. The van der Waals surface area contributed by atoms with Crippen molar-refractivity contribution in [2.45, 2.75) is 124 Å². The van der Waals surface area contributed by atoms with Crippen LogP contribution in [-0.2, 0) is 48.0 Å². The maximum atomic E-state index is 14.8. The summed E-state index contributed by atoms with van der Waals surface area (Å²) in [5.74, 6) is -1.40. The van der Waals surface area contributed by atoms with Crippen LogP contribution in [-0.4, -0.2) is 136 Å². The van der Waals surface area contributed by atoms with E-state index in [9.17, 15) is 24.0 Å². The van der Waals surface area contributed by atoms with E-state index in [1.165, 1.54) is 22.6 Å². The van der Waals surface area contributed by atoms with Crippen molar-refractivity contribution in [2.75, 3.05) is 54.2 Å². The Morgan fingerprint density at radius 3 is 2.47 bits per heavy atom. The Kier molecular flexibility index (Phi) is 16.0. The number of likely N-dealkylation sites (N-methyl/N-ethyl adjacent to an activating group) is 1. The Hall–Kier alpha value is -5.71. The van der Waals surface area contributed by atoms with Gasteiger partial charge < -0.3 is 34.1 Å². The van der Waals surface area contributed by atoms with Gasteiger partial charge in [-0.25, -0.2) is 10.2 Å². The molecule has 0 aliphatic carbocycles. The number of hydrogen-bond donors (Lipinski definition) is 2. The van der Waals surface area contributed by atoms with Gasteiger partial charge in [0.2, 0.25) is 11.8 Å². The van der Waals surface area contributed by atoms with Crippen LogP contribution in [0.2, 0.25) is 0 Å². The van der Waals surface area contributed by atoms with E-state index >= 15 is 0 Å². The van der Waals surface area contributed by atoms with Gasteiger partial charge in [0, 0.05) is 94.2 Å². The molecule has 6 bridgehead atoms. The van der Waals surface area contributed by atoms with E-state index in [0.29, 0.717) is 70.4 Å². The highest BCUT2D eigenvalue weighted by Crippen LogP contribution is 2.42. The molecule has 68 heavy (non-hydrogen) atoms. The van der Waals surface area contributed by atoms with E-state index in [0.717, 1.165) is 45.5 Å². The smallest absolute Gasteiger partial charge is 0.321 e. The Balaban J connectivity index is 1.27. The predicted molar refractivity (Wildman–Crippen MR) is 261 cm³/mol. The van der Waals surface area contributed by atoms with Crippen LogP contribution in [0, 0.1) is 11.3 Å².